The molecule has 0 saturated carbocycles. The average molecular weight is 391 g/mol. The van der Waals surface area contributed by atoms with Gasteiger partial charge in [-0.1, -0.05) is 12.1 Å². The van der Waals surface area contributed by atoms with Crippen LogP contribution in [0.3, 0.4) is 0 Å². The number of H-pyrrole nitrogens is 1. The van der Waals surface area contributed by atoms with Gasteiger partial charge in [0.2, 0.25) is 5.78 Å². The smallest absolute Gasteiger partial charge is 0.340 e. The van der Waals surface area contributed by atoms with Gasteiger partial charge in [-0.2, -0.15) is 0 Å². The number of benzene rings is 1. The van der Waals surface area contributed by atoms with E-state index in [0.717, 1.165) is 0 Å². The largest absolute Gasteiger partial charge is 0.465 e. The van der Waals surface area contributed by atoms with Crippen molar-refractivity contribution < 1.29 is 28.1 Å². The Kier molecular flexibility index (Phi) is 6.32. The summed E-state index contributed by atoms with van der Waals surface area (Å²) in [6.45, 7) is 4.71. The highest BCUT2D eigenvalue weighted by molar-refractivity contribution is 7.84. The van der Waals surface area contributed by atoms with Gasteiger partial charge in [0.15, 0.2) is 6.10 Å². The second-order valence-electron chi connectivity index (χ2n) is 5.98. The van der Waals surface area contributed by atoms with E-state index in [1.54, 1.807) is 32.0 Å². The van der Waals surface area contributed by atoms with Crippen LogP contribution in [-0.4, -0.2) is 46.4 Å². The van der Waals surface area contributed by atoms with E-state index in [-0.39, 0.29) is 16.8 Å². The van der Waals surface area contributed by atoms with E-state index in [2.05, 4.69) is 4.98 Å². The third kappa shape index (κ3) is 4.16. The summed E-state index contributed by atoms with van der Waals surface area (Å²) in [4.78, 5) is 40.2. The van der Waals surface area contributed by atoms with Crippen molar-refractivity contribution in [3.05, 3.63) is 52.3 Å². The highest BCUT2D eigenvalue weighted by atomic mass is 32.2. The number of ketones is 1. The molecule has 2 rings (SSSR count). The summed E-state index contributed by atoms with van der Waals surface area (Å²) in [5.74, 6) is -1.77. The van der Waals surface area contributed by atoms with Crippen LogP contribution < -0.4 is 0 Å². The lowest BCUT2D eigenvalue weighted by Gasteiger charge is -2.13. The number of carbonyl (C=O) groups is 3. The fourth-order valence-electron chi connectivity index (χ4n) is 2.77. The van der Waals surface area contributed by atoms with E-state index in [1.165, 1.54) is 26.4 Å². The first-order chi connectivity index (χ1) is 12.7. The molecular weight excluding hydrogens is 370 g/mol. The summed E-state index contributed by atoms with van der Waals surface area (Å²) in [7, 11) is -0.117. The summed E-state index contributed by atoms with van der Waals surface area (Å²) in [6.07, 6.45) is 0.359. The van der Waals surface area contributed by atoms with Crippen molar-refractivity contribution in [3.63, 3.8) is 0 Å². The van der Waals surface area contributed by atoms with E-state index in [0.29, 0.717) is 16.2 Å². The first-order valence-corrected chi connectivity index (χ1v) is 9.70. The molecule has 0 spiro atoms. The maximum absolute atomic E-state index is 12.7. The predicted molar refractivity (Wildman–Crippen MR) is 99.6 cm³/mol. The first-order valence-electron chi connectivity index (χ1n) is 8.14. The fourth-order valence-corrected chi connectivity index (χ4v) is 3.50. The number of aromatic amines is 1. The van der Waals surface area contributed by atoms with E-state index >= 15 is 0 Å². The van der Waals surface area contributed by atoms with Gasteiger partial charge in [-0.15, -0.1) is 0 Å². The summed E-state index contributed by atoms with van der Waals surface area (Å²) in [6, 6.07) is 6.36. The number of carbonyl (C=O) groups excluding carboxylic acids is 3. The molecule has 27 heavy (non-hydrogen) atoms. The molecule has 1 N–H and O–H groups in total. The van der Waals surface area contributed by atoms with E-state index in [4.69, 9.17) is 9.47 Å². The summed E-state index contributed by atoms with van der Waals surface area (Å²) in [5, 5.41) is 0. The van der Waals surface area contributed by atoms with Crippen molar-refractivity contribution in [2.45, 2.75) is 31.8 Å². The third-order valence-corrected chi connectivity index (χ3v) is 5.12. The van der Waals surface area contributed by atoms with Crippen LogP contribution in [0.25, 0.3) is 0 Å². The zero-order chi connectivity index (χ0) is 20.3. The minimum atomic E-state index is -1.38. The van der Waals surface area contributed by atoms with Crippen LogP contribution in [0.5, 0.6) is 0 Å². The highest BCUT2D eigenvalue weighted by Crippen LogP contribution is 2.21. The zero-order valence-electron chi connectivity index (χ0n) is 15.7. The Morgan fingerprint density at radius 3 is 2.33 bits per heavy atom. The van der Waals surface area contributed by atoms with Crippen molar-refractivity contribution in [2.75, 3.05) is 13.4 Å². The van der Waals surface area contributed by atoms with Gasteiger partial charge >= 0.3 is 11.9 Å². The molecule has 1 heterocycles. The molecule has 0 unspecified atom stereocenters. The Labute approximate surface area is 159 Å². The van der Waals surface area contributed by atoms with Gasteiger partial charge in [0.1, 0.15) is 0 Å². The van der Waals surface area contributed by atoms with Crippen LogP contribution in [0.1, 0.15) is 49.4 Å². The van der Waals surface area contributed by atoms with Gasteiger partial charge < -0.3 is 14.5 Å². The van der Waals surface area contributed by atoms with Crippen molar-refractivity contribution in [1.29, 1.82) is 0 Å². The molecule has 2 atom stereocenters. The van der Waals surface area contributed by atoms with Crippen molar-refractivity contribution in [1.82, 2.24) is 4.98 Å². The van der Waals surface area contributed by atoms with E-state index in [1.807, 2.05) is 0 Å². The Bertz CT molecular complexity index is 930. The van der Waals surface area contributed by atoms with E-state index < -0.39 is 34.6 Å². The average Bonchev–Trinajstić information content (AvgIpc) is 2.94. The number of aromatic nitrogens is 1. The molecule has 144 valence electrons. The summed E-state index contributed by atoms with van der Waals surface area (Å²) >= 11 is 0. The number of hydrogen-bond donors (Lipinski definition) is 1. The molecule has 7 nitrogen and oxygen atoms in total. The van der Waals surface area contributed by atoms with Crippen LogP contribution in [0.15, 0.2) is 29.2 Å². The molecule has 1 aromatic heterocycles. The van der Waals surface area contributed by atoms with Crippen molar-refractivity contribution >= 4 is 28.5 Å². The number of Topliss-reactive ketones (excluding diaryl/α,β-unsaturated/α-hetero) is 1. The Morgan fingerprint density at radius 2 is 1.74 bits per heavy atom. The number of rotatable bonds is 6. The van der Waals surface area contributed by atoms with Crippen molar-refractivity contribution in [3.8, 4) is 0 Å². The van der Waals surface area contributed by atoms with Crippen LogP contribution >= 0.6 is 0 Å². The van der Waals surface area contributed by atoms with Gasteiger partial charge in [0, 0.05) is 11.9 Å². The van der Waals surface area contributed by atoms with Crippen molar-refractivity contribution in [2.24, 2.45) is 0 Å². The van der Waals surface area contributed by atoms with Crippen LogP contribution in [0.2, 0.25) is 0 Å². The molecule has 2 aromatic rings. The third-order valence-electron chi connectivity index (χ3n) is 4.14. The molecule has 0 amide bonds. The zero-order valence-corrected chi connectivity index (χ0v) is 16.6. The first kappa shape index (κ1) is 20.6. The van der Waals surface area contributed by atoms with Crippen LogP contribution in [0.4, 0.5) is 0 Å². The number of nitrogens with one attached hydrogen (secondary N) is 1. The topological polar surface area (TPSA) is 103 Å². The molecule has 0 bridgehead atoms. The number of methoxy groups -OCH3 is 1. The molecule has 0 radical (unpaired) electrons. The number of aryl methyl sites for hydroxylation is 1. The lowest BCUT2D eigenvalue weighted by molar-refractivity contribution is 0.0313. The fraction of sp³-hybridized carbons (Fsp3) is 0.316. The van der Waals surface area contributed by atoms with Gasteiger partial charge in [0.25, 0.3) is 0 Å². The molecule has 1 aromatic carbocycles. The number of esters is 2. The second kappa shape index (κ2) is 8.30. The Morgan fingerprint density at radius 1 is 1.11 bits per heavy atom. The standard InChI is InChI=1S/C19H21NO6S/c1-10-15(19(23)25-4)11(2)20-16(10)17(21)12(3)26-18(22)13-8-6-7-9-14(13)27(5)24/h6-9,12,20H,1-5H3/t12-,27-/m1/s1. The second-order valence-corrected chi connectivity index (χ2v) is 7.33. The SMILES string of the molecule is COC(=O)c1c(C)[nH]c(C(=O)[C@@H](C)OC(=O)c2ccccc2[S@@](C)=O)c1C. The lowest BCUT2D eigenvalue weighted by atomic mass is 10.1. The lowest BCUT2D eigenvalue weighted by Crippen LogP contribution is -2.26. The number of hydrogen-bond acceptors (Lipinski definition) is 6. The Hall–Kier alpha value is -2.74. The van der Waals surface area contributed by atoms with Crippen LogP contribution in [0, 0.1) is 13.8 Å². The molecule has 0 fully saturated rings. The molecule has 0 aliphatic carbocycles. The monoisotopic (exact) mass is 391 g/mol. The van der Waals surface area contributed by atoms with Gasteiger partial charge in [-0.3, -0.25) is 9.00 Å². The molecule has 0 aliphatic rings. The van der Waals surface area contributed by atoms with Crippen LogP contribution in [-0.2, 0) is 20.3 Å². The van der Waals surface area contributed by atoms with E-state index in [9.17, 15) is 18.6 Å². The molecule has 8 heteroatoms. The minimum Gasteiger partial charge on any atom is -0.465 e. The molecule has 0 saturated heterocycles. The minimum absolute atomic E-state index is 0.146. The summed E-state index contributed by atoms with van der Waals surface area (Å²) in [5.41, 5.74) is 1.54. The predicted octanol–water partition coefficient (Wildman–Crippen LogP) is 2.58. The van der Waals surface area contributed by atoms with Gasteiger partial charge in [0.05, 0.1) is 39.6 Å². The highest BCUT2D eigenvalue weighted by Gasteiger charge is 2.28. The Balaban J connectivity index is 2.26. The molecular formula is C19H21NO6S. The maximum Gasteiger partial charge on any atom is 0.340 e. The quantitative estimate of drug-likeness (QED) is 0.600. The normalized spacial score (nSPS) is 12.9. The molecule has 0 aliphatic heterocycles. The van der Waals surface area contributed by atoms with Gasteiger partial charge in [-0.05, 0) is 38.5 Å². The number of ether oxygens (including phenoxy) is 2. The maximum atomic E-state index is 12.7. The summed E-state index contributed by atoms with van der Waals surface area (Å²) < 4.78 is 21.8. The van der Waals surface area contributed by atoms with Gasteiger partial charge in [-0.25, -0.2) is 9.59 Å².